The van der Waals surface area contributed by atoms with Crippen molar-refractivity contribution in [2.75, 3.05) is 0 Å². The molecule has 0 saturated carbocycles. The zero-order valence-corrected chi connectivity index (χ0v) is 21.8. The van der Waals surface area contributed by atoms with Gasteiger partial charge in [0.15, 0.2) is 5.82 Å². The minimum Gasteiger partial charge on any atom is -0.321 e. The molecule has 2 heterocycles. The average Bonchev–Trinajstić information content (AvgIpc) is 3.25. The highest BCUT2D eigenvalue weighted by atomic mass is 16.1. The number of benzene rings is 2. The quantitative estimate of drug-likeness (QED) is 0.396. The number of hydrogen-bond donors (Lipinski definition) is 1. The first-order valence-corrected chi connectivity index (χ1v) is 12.2. The van der Waals surface area contributed by atoms with Crippen LogP contribution >= 0.6 is 0 Å². The van der Waals surface area contributed by atoms with Gasteiger partial charge in [0, 0.05) is 18.7 Å². The smallest absolute Gasteiger partial charge is 0.252 e. The van der Waals surface area contributed by atoms with Gasteiger partial charge in [0.25, 0.3) is 5.56 Å². The van der Waals surface area contributed by atoms with Crippen LogP contribution in [0.3, 0.4) is 0 Å². The van der Waals surface area contributed by atoms with Crippen molar-refractivity contribution in [3.8, 4) is 0 Å². The molecule has 0 spiro atoms. The molecule has 0 aliphatic rings. The molecule has 2 aromatic carbocycles. The van der Waals surface area contributed by atoms with Crippen molar-refractivity contribution in [1.29, 1.82) is 0 Å². The Morgan fingerprint density at radius 3 is 2.40 bits per heavy atom. The highest BCUT2D eigenvalue weighted by molar-refractivity contribution is 5.82. The summed E-state index contributed by atoms with van der Waals surface area (Å²) in [5.41, 5.74) is 4.75. The summed E-state index contributed by atoms with van der Waals surface area (Å²) in [6.07, 6.45) is 0. The largest absolute Gasteiger partial charge is 0.321 e. The van der Waals surface area contributed by atoms with Gasteiger partial charge < -0.3 is 4.98 Å². The Morgan fingerprint density at radius 2 is 1.74 bits per heavy atom. The molecule has 0 aliphatic carbocycles. The second kappa shape index (κ2) is 9.74. The fourth-order valence-electron chi connectivity index (χ4n) is 4.88. The van der Waals surface area contributed by atoms with Crippen molar-refractivity contribution >= 4 is 10.9 Å². The minimum absolute atomic E-state index is 0.0552. The summed E-state index contributed by atoms with van der Waals surface area (Å²) < 4.78 is 1.91. The Morgan fingerprint density at radius 1 is 1.03 bits per heavy atom. The fourth-order valence-corrected chi connectivity index (χ4v) is 4.88. The Bertz CT molecular complexity index is 1360. The molecule has 0 saturated heterocycles. The fraction of sp³-hybridized carbons (Fsp3) is 0.429. The maximum absolute atomic E-state index is 13.2. The number of aryl methyl sites for hydroxylation is 2. The van der Waals surface area contributed by atoms with Crippen molar-refractivity contribution in [3.63, 3.8) is 0 Å². The normalized spacial score (nSPS) is 13.2. The van der Waals surface area contributed by atoms with Crippen LogP contribution in [-0.4, -0.2) is 30.1 Å². The lowest BCUT2D eigenvalue weighted by Crippen LogP contribution is -2.37. The predicted molar refractivity (Wildman–Crippen MR) is 140 cm³/mol. The zero-order chi connectivity index (χ0) is 25.3. The number of nitrogens with zero attached hydrogens (tertiary/aromatic N) is 5. The van der Waals surface area contributed by atoms with Crippen LogP contribution in [0.25, 0.3) is 10.9 Å². The molecule has 184 valence electrons. The summed E-state index contributed by atoms with van der Waals surface area (Å²) in [6, 6.07) is 16.5. The maximum Gasteiger partial charge on any atom is 0.252 e. The molecule has 4 rings (SSSR count). The van der Waals surface area contributed by atoms with E-state index in [4.69, 9.17) is 0 Å². The molecule has 35 heavy (non-hydrogen) atoms. The third-order valence-electron chi connectivity index (χ3n) is 6.39. The number of rotatable bonds is 7. The summed E-state index contributed by atoms with van der Waals surface area (Å²) in [4.78, 5) is 18.7. The van der Waals surface area contributed by atoms with Crippen LogP contribution in [-0.2, 0) is 18.6 Å². The molecule has 0 aliphatic heterocycles. The van der Waals surface area contributed by atoms with Crippen LogP contribution in [0.2, 0.25) is 0 Å². The van der Waals surface area contributed by atoms with Crippen LogP contribution in [0, 0.1) is 19.8 Å². The first-order chi connectivity index (χ1) is 16.5. The van der Waals surface area contributed by atoms with Crippen LogP contribution in [0.15, 0.2) is 53.3 Å². The summed E-state index contributed by atoms with van der Waals surface area (Å²) in [5.74, 6) is 1.03. The highest BCUT2D eigenvalue weighted by Gasteiger charge is 2.32. The minimum atomic E-state index is -0.264. The SMILES string of the molecule is Cc1cc(C)c2[nH]c(=O)c(CN(Cc3ccccc3)[C@H](c3nnnn3C(C)(C)C)C(C)C)cc2c1. The molecular formula is C28H36N6O. The van der Waals surface area contributed by atoms with Crippen LogP contribution in [0.1, 0.15) is 68.7 Å². The lowest BCUT2D eigenvalue weighted by Gasteiger charge is -2.35. The Kier molecular flexibility index (Phi) is 6.90. The van der Waals surface area contributed by atoms with Gasteiger partial charge in [-0.25, -0.2) is 4.68 Å². The van der Waals surface area contributed by atoms with Gasteiger partial charge in [0.2, 0.25) is 0 Å². The van der Waals surface area contributed by atoms with Crippen LogP contribution in [0.4, 0.5) is 0 Å². The van der Waals surface area contributed by atoms with E-state index in [9.17, 15) is 4.79 Å². The van der Waals surface area contributed by atoms with Gasteiger partial charge in [-0.15, -0.1) is 5.10 Å². The predicted octanol–water partition coefficient (Wildman–Crippen LogP) is 5.29. The van der Waals surface area contributed by atoms with E-state index in [1.54, 1.807) is 0 Å². The summed E-state index contributed by atoms with van der Waals surface area (Å²) in [7, 11) is 0. The van der Waals surface area contributed by atoms with E-state index < -0.39 is 0 Å². The van der Waals surface area contributed by atoms with Gasteiger partial charge in [0.1, 0.15) is 0 Å². The molecule has 1 atom stereocenters. The lowest BCUT2D eigenvalue weighted by molar-refractivity contribution is 0.120. The molecular weight excluding hydrogens is 436 g/mol. The Balaban J connectivity index is 1.82. The summed E-state index contributed by atoms with van der Waals surface area (Å²) in [6.45, 7) is 15.9. The molecule has 7 heteroatoms. The number of aromatic amines is 1. The third-order valence-corrected chi connectivity index (χ3v) is 6.39. The number of hydrogen-bond acceptors (Lipinski definition) is 5. The lowest BCUT2D eigenvalue weighted by atomic mass is 9.98. The monoisotopic (exact) mass is 472 g/mol. The van der Waals surface area contributed by atoms with E-state index in [2.05, 4.69) is 91.2 Å². The van der Waals surface area contributed by atoms with Gasteiger partial charge in [-0.1, -0.05) is 55.8 Å². The highest BCUT2D eigenvalue weighted by Crippen LogP contribution is 2.32. The molecule has 0 amide bonds. The van der Waals surface area contributed by atoms with Gasteiger partial charge in [-0.3, -0.25) is 9.69 Å². The van der Waals surface area contributed by atoms with Crippen LogP contribution in [0.5, 0.6) is 0 Å². The Hall–Kier alpha value is -3.32. The van der Waals surface area contributed by atoms with E-state index >= 15 is 0 Å². The summed E-state index contributed by atoms with van der Waals surface area (Å²) >= 11 is 0. The van der Waals surface area contributed by atoms with Gasteiger partial charge in [-0.2, -0.15) is 0 Å². The number of tetrazole rings is 1. The summed E-state index contributed by atoms with van der Waals surface area (Å²) in [5, 5.41) is 13.9. The number of aromatic nitrogens is 5. The van der Waals surface area contributed by atoms with Crippen molar-refractivity contribution in [1.82, 2.24) is 30.1 Å². The molecule has 2 aromatic heterocycles. The first-order valence-electron chi connectivity index (χ1n) is 12.2. The van der Waals surface area contributed by atoms with E-state index in [0.29, 0.717) is 13.1 Å². The molecule has 7 nitrogen and oxygen atoms in total. The van der Waals surface area contributed by atoms with E-state index in [1.165, 1.54) is 11.1 Å². The second-order valence-corrected chi connectivity index (χ2v) is 10.9. The molecule has 0 radical (unpaired) electrons. The first kappa shape index (κ1) is 24.8. The molecule has 0 fully saturated rings. The molecule has 0 unspecified atom stereocenters. The Labute approximate surface area is 207 Å². The van der Waals surface area contributed by atoms with Crippen molar-refractivity contribution in [2.45, 2.75) is 73.1 Å². The average molecular weight is 473 g/mol. The number of fused-ring (bicyclic) bond motifs is 1. The molecule has 0 bridgehead atoms. The number of nitrogens with one attached hydrogen (secondary N) is 1. The van der Waals surface area contributed by atoms with Crippen molar-refractivity contribution in [2.24, 2.45) is 5.92 Å². The van der Waals surface area contributed by atoms with E-state index in [-0.39, 0.29) is 23.1 Å². The standard InChI is InChI=1S/C28H36N6O/c1-18(2)25(26-30-31-32-34(26)28(5,6)7)33(16-21-11-9-8-10-12-21)17-23-15-22-14-19(3)13-20(4)24(22)29-27(23)35/h8-15,18,25H,16-17H2,1-7H3,(H,29,35)/t25-/m0/s1. The van der Waals surface area contributed by atoms with Crippen molar-refractivity contribution < 1.29 is 0 Å². The van der Waals surface area contributed by atoms with Gasteiger partial charge in [-0.05, 0) is 79.6 Å². The van der Waals surface area contributed by atoms with Crippen LogP contribution < -0.4 is 5.56 Å². The van der Waals surface area contributed by atoms with E-state index in [0.717, 1.165) is 27.9 Å². The van der Waals surface area contributed by atoms with Gasteiger partial charge in [0.05, 0.1) is 17.1 Å². The molecule has 1 N–H and O–H groups in total. The zero-order valence-electron chi connectivity index (χ0n) is 21.8. The van der Waals surface area contributed by atoms with E-state index in [1.807, 2.05) is 35.9 Å². The van der Waals surface area contributed by atoms with Gasteiger partial charge >= 0.3 is 0 Å². The molecule has 4 aromatic rings. The van der Waals surface area contributed by atoms with Crippen molar-refractivity contribution in [3.05, 3.63) is 87.0 Å². The third kappa shape index (κ3) is 5.35. The maximum atomic E-state index is 13.2. The number of pyridine rings is 1. The topological polar surface area (TPSA) is 79.7 Å². The number of H-pyrrole nitrogens is 1. The second-order valence-electron chi connectivity index (χ2n) is 10.9.